The zero-order valence-corrected chi connectivity index (χ0v) is 10.3. The molecule has 0 radical (unpaired) electrons. The minimum Gasteiger partial charge on any atom is -0.394 e. The van der Waals surface area contributed by atoms with Gasteiger partial charge in [-0.1, -0.05) is 13.3 Å². The predicted octanol–water partition coefficient (Wildman–Crippen LogP) is 1.51. The van der Waals surface area contributed by atoms with Crippen LogP contribution in [0, 0.1) is 0 Å². The van der Waals surface area contributed by atoms with E-state index in [1.807, 2.05) is 13.8 Å². The van der Waals surface area contributed by atoms with Crippen molar-refractivity contribution in [2.24, 2.45) is 4.99 Å². The Morgan fingerprint density at radius 1 is 1.38 bits per heavy atom. The van der Waals surface area contributed by atoms with Gasteiger partial charge in [-0.2, -0.15) is 0 Å². The summed E-state index contributed by atoms with van der Waals surface area (Å²) in [5, 5.41) is 9.28. The van der Waals surface area contributed by atoms with Crippen molar-refractivity contribution < 1.29 is 14.6 Å². The van der Waals surface area contributed by atoms with Gasteiger partial charge in [0.2, 0.25) is 0 Å². The average Bonchev–Trinajstić information content (AvgIpc) is 2.69. The van der Waals surface area contributed by atoms with Crippen LogP contribution in [0.3, 0.4) is 0 Å². The molecule has 0 saturated carbocycles. The topological polar surface area (TPSA) is 51.1 Å². The summed E-state index contributed by atoms with van der Waals surface area (Å²) in [4.78, 5) is 4.51. The van der Waals surface area contributed by atoms with E-state index < -0.39 is 5.79 Å². The Bertz CT molecular complexity index is 288. The zero-order valence-electron chi connectivity index (χ0n) is 10.3. The lowest BCUT2D eigenvalue weighted by Gasteiger charge is -2.19. The fourth-order valence-corrected chi connectivity index (χ4v) is 2.40. The van der Waals surface area contributed by atoms with Crippen LogP contribution in [0.2, 0.25) is 0 Å². The highest BCUT2D eigenvalue weighted by atomic mass is 16.8. The number of aliphatic imine (C=N–C) groups is 1. The van der Waals surface area contributed by atoms with E-state index in [1.54, 1.807) is 0 Å². The van der Waals surface area contributed by atoms with Crippen LogP contribution in [-0.4, -0.2) is 41.5 Å². The first-order chi connectivity index (χ1) is 7.57. The largest absolute Gasteiger partial charge is 0.394 e. The van der Waals surface area contributed by atoms with Crippen molar-refractivity contribution in [3.8, 4) is 0 Å². The number of unbranched alkanes of at least 4 members (excludes halogenated alkanes) is 1. The highest BCUT2D eigenvalue weighted by Gasteiger charge is 2.50. The second-order valence-corrected chi connectivity index (χ2v) is 4.99. The van der Waals surface area contributed by atoms with Crippen LogP contribution in [0.1, 0.15) is 40.0 Å². The molecule has 1 N–H and O–H groups in total. The zero-order chi connectivity index (χ0) is 11.8. The minimum atomic E-state index is -0.545. The van der Waals surface area contributed by atoms with Gasteiger partial charge >= 0.3 is 0 Å². The van der Waals surface area contributed by atoms with Crippen molar-refractivity contribution in [3.63, 3.8) is 0 Å². The number of nitrogens with zero attached hydrogens (tertiary/aromatic N) is 1. The smallest absolute Gasteiger partial charge is 0.164 e. The lowest BCUT2D eigenvalue weighted by atomic mass is 10.0. The van der Waals surface area contributed by atoms with E-state index in [-0.39, 0.29) is 24.9 Å². The van der Waals surface area contributed by atoms with Gasteiger partial charge in [-0.05, 0) is 26.7 Å². The quantitative estimate of drug-likeness (QED) is 0.792. The van der Waals surface area contributed by atoms with E-state index >= 15 is 0 Å². The molecule has 92 valence electrons. The second-order valence-electron chi connectivity index (χ2n) is 4.99. The molecule has 4 nitrogen and oxygen atoms in total. The summed E-state index contributed by atoms with van der Waals surface area (Å²) >= 11 is 0. The summed E-state index contributed by atoms with van der Waals surface area (Å²) in [7, 11) is 0. The van der Waals surface area contributed by atoms with Gasteiger partial charge in [0.1, 0.15) is 18.2 Å². The molecule has 0 spiro atoms. The maximum atomic E-state index is 9.28. The number of fused-ring (bicyclic) bond motifs is 1. The van der Waals surface area contributed by atoms with Gasteiger partial charge in [0.05, 0.1) is 6.61 Å². The van der Waals surface area contributed by atoms with E-state index in [2.05, 4.69) is 11.9 Å². The molecule has 0 aromatic carbocycles. The van der Waals surface area contributed by atoms with Crippen molar-refractivity contribution in [2.75, 3.05) is 6.61 Å². The standard InChI is InChI=1S/C12H21NO3/c1-4-5-6-8-10-11(9(7-14)13-8)16-12(2,3)15-10/h9-11,14H,4-7H2,1-3H3/t9-,10+,11-/m1/s1. The highest BCUT2D eigenvalue weighted by molar-refractivity contribution is 5.91. The number of aliphatic hydroxyl groups excluding tert-OH is 1. The van der Waals surface area contributed by atoms with Crippen LogP contribution in [-0.2, 0) is 9.47 Å². The van der Waals surface area contributed by atoms with Crippen LogP contribution in [0.25, 0.3) is 0 Å². The molecule has 2 rings (SSSR count). The third-order valence-corrected chi connectivity index (χ3v) is 3.14. The molecule has 0 aromatic heterocycles. The monoisotopic (exact) mass is 227 g/mol. The summed E-state index contributed by atoms with van der Waals surface area (Å²) in [5.74, 6) is -0.545. The van der Waals surface area contributed by atoms with E-state index in [0.29, 0.717) is 0 Å². The summed E-state index contributed by atoms with van der Waals surface area (Å²) in [6.07, 6.45) is 3.08. The Labute approximate surface area is 96.7 Å². The molecule has 3 atom stereocenters. The Morgan fingerprint density at radius 3 is 2.75 bits per heavy atom. The molecule has 2 heterocycles. The number of hydrogen-bond donors (Lipinski definition) is 1. The molecule has 4 heteroatoms. The molecule has 0 unspecified atom stereocenters. The molecule has 0 amide bonds. The maximum absolute atomic E-state index is 9.28. The fourth-order valence-electron chi connectivity index (χ4n) is 2.40. The van der Waals surface area contributed by atoms with E-state index in [9.17, 15) is 5.11 Å². The van der Waals surface area contributed by atoms with Gasteiger partial charge in [0.15, 0.2) is 5.79 Å². The molecule has 1 fully saturated rings. The van der Waals surface area contributed by atoms with Crippen LogP contribution >= 0.6 is 0 Å². The summed E-state index contributed by atoms with van der Waals surface area (Å²) in [6, 6.07) is -0.140. The van der Waals surface area contributed by atoms with Crippen molar-refractivity contribution in [2.45, 2.75) is 64.1 Å². The molecule has 2 aliphatic heterocycles. The Hall–Kier alpha value is -0.450. The third kappa shape index (κ3) is 2.14. The molecule has 1 saturated heterocycles. The fraction of sp³-hybridized carbons (Fsp3) is 0.917. The molecular formula is C12H21NO3. The molecule has 2 aliphatic rings. The summed E-state index contributed by atoms with van der Waals surface area (Å²) in [5.41, 5.74) is 1.07. The lowest BCUT2D eigenvalue weighted by Crippen LogP contribution is -2.33. The minimum absolute atomic E-state index is 0.0379. The van der Waals surface area contributed by atoms with Gasteiger partial charge in [0.25, 0.3) is 0 Å². The first-order valence-corrected chi connectivity index (χ1v) is 6.10. The van der Waals surface area contributed by atoms with E-state index in [4.69, 9.17) is 9.47 Å². The van der Waals surface area contributed by atoms with Gasteiger partial charge in [0, 0.05) is 5.71 Å². The van der Waals surface area contributed by atoms with E-state index in [1.165, 1.54) is 0 Å². The van der Waals surface area contributed by atoms with Crippen LogP contribution in [0.15, 0.2) is 4.99 Å². The molecule has 0 aliphatic carbocycles. The van der Waals surface area contributed by atoms with Gasteiger partial charge in [-0.25, -0.2) is 0 Å². The number of aliphatic hydroxyl groups is 1. The number of rotatable bonds is 4. The molecule has 16 heavy (non-hydrogen) atoms. The van der Waals surface area contributed by atoms with Crippen molar-refractivity contribution in [1.82, 2.24) is 0 Å². The van der Waals surface area contributed by atoms with Crippen LogP contribution in [0.4, 0.5) is 0 Å². The van der Waals surface area contributed by atoms with Crippen LogP contribution in [0.5, 0.6) is 0 Å². The van der Waals surface area contributed by atoms with Crippen molar-refractivity contribution in [3.05, 3.63) is 0 Å². The second kappa shape index (κ2) is 4.43. The van der Waals surface area contributed by atoms with Crippen molar-refractivity contribution in [1.29, 1.82) is 0 Å². The highest BCUT2D eigenvalue weighted by Crippen LogP contribution is 2.36. The Morgan fingerprint density at radius 2 is 2.12 bits per heavy atom. The van der Waals surface area contributed by atoms with Gasteiger partial charge in [-0.3, -0.25) is 4.99 Å². The predicted molar refractivity (Wildman–Crippen MR) is 61.7 cm³/mol. The number of hydrogen-bond acceptors (Lipinski definition) is 4. The molecular weight excluding hydrogens is 206 g/mol. The lowest BCUT2D eigenvalue weighted by molar-refractivity contribution is -0.146. The summed E-state index contributed by atoms with van der Waals surface area (Å²) in [6.45, 7) is 6.02. The third-order valence-electron chi connectivity index (χ3n) is 3.14. The van der Waals surface area contributed by atoms with E-state index in [0.717, 1.165) is 25.0 Å². The van der Waals surface area contributed by atoms with Gasteiger partial charge in [-0.15, -0.1) is 0 Å². The first-order valence-electron chi connectivity index (χ1n) is 6.10. The molecule has 0 bridgehead atoms. The van der Waals surface area contributed by atoms with Gasteiger partial charge < -0.3 is 14.6 Å². The maximum Gasteiger partial charge on any atom is 0.164 e. The summed E-state index contributed by atoms with van der Waals surface area (Å²) < 4.78 is 11.6. The SMILES string of the molecule is CCCCC1=N[C@H](CO)[C@H]2OC(C)(C)O[C@@H]12. The average molecular weight is 227 g/mol. The first kappa shape index (κ1) is 12.0. The normalized spacial score (nSPS) is 36.2. The molecule has 0 aromatic rings. The Balaban J connectivity index is 2.09. The van der Waals surface area contributed by atoms with Crippen molar-refractivity contribution >= 4 is 5.71 Å². The number of ether oxygens (including phenoxy) is 2. The van der Waals surface area contributed by atoms with Crippen LogP contribution < -0.4 is 0 Å². The Kier molecular flexibility index (Phi) is 3.33.